The average Bonchev–Trinajstić information content (AvgIpc) is 1.86. The number of hydrogen-bond acceptors (Lipinski definition) is 2. The Hall–Kier alpha value is -0.530. The molecule has 0 saturated heterocycles. The van der Waals surface area contributed by atoms with Crippen molar-refractivity contribution in [3.8, 4) is 0 Å². The molecule has 0 spiro atoms. The van der Waals surface area contributed by atoms with Crippen LogP contribution in [0.2, 0.25) is 0 Å². The van der Waals surface area contributed by atoms with E-state index in [9.17, 15) is 0 Å². The first-order valence-electron chi connectivity index (χ1n) is 2.15. The van der Waals surface area contributed by atoms with Gasteiger partial charge in [0.25, 0.3) is 0 Å². The summed E-state index contributed by atoms with van der Waals surface area (Å²) >= 11 is 0. The normalized spacial score (nSPS) is 19.8. The van der Waals surface area contributed by atoms with E-state index in [1.807, 2.05) is 6.92 Å². The highest BCUT2D eigenvalue weighted by Crippen LogP contribution is 1.88. The Labute approximate surface area is 37.2 Å². The van der Waals surface area contributed by atoms with Crippen LogP contribution in [0.3, 0.4) is 0 Å². The molecule has 1 rings (SSSR count). The van der Waals surface area contributed by atoms with Gasteiger partial charge >= 0.3 is 0 Å². The maximum Gasteiger partial charge on any atom is 0.0382 e. The molecule has 0 amide bonds. The summed E-state index contributed by atoms with van der Waals surface area (Å²) in [5.41, 5.74) is 4.08. The Kier molecular flexibility index (Phi) is 0.783. The molecule has 0 saturated carbocycles. The quantitative estimate of drug-likeness (QED) is 0.450. The SMILES string of the molecule is CC1=NNCC1. The van der Waals surface area contributed by atoms with Gasteiger partial charge in [-0.1, -0.05) is 0 Å². The second kappa shape index (κ2) is 1.29. The van der Waals surface area contributed by atoms with E-state index in [4.69, 9.17) is 0 Å². The first-order valence-corrected chi connectivity index (χ1v) is 2.15. The van der Waals surface area contributed by atoms with Crippen LogP contribution in [0.5, 0.6) is 0 Å². The molecule has 0 aromatic rings. The van der Waals surface area contributed by atoms with Gasteiger partial charge in [0.15, 0.2) is 0 Å². The third-order valence-corrected chi connectivity index (χ3v) is 0.869. The summed E-state index contributed by atoms with van der Waals surface area (Å²) in [6.45, 7) is 3.06. The Morgan fingerprint density at radius 2 is 2.67 bits per heavy atom. The topological polar surface area (TPSA) is 24.4 Å². The maximum absolute atomic E-state index is 3.90. The van der Waals surface area contributed by atoms with Crippen molar-refractivity contribution in [3.05, 3.63) is 0 Å². The molecule has 0 atom stereocenters. The highest BCUT2D eigenvalue weighted by atomic mass is 15.3. The monoisotopic (exact) mass is 84.1 g/mol. The minimum atomic E-state index is 1.03. The third kappa shape index (κ3) is 0.506. The lowest BCUT2D eigenvalue weighted by molar-refractivity contribution is 0.813. The first-order chi connectivity index (χ1) is 2.89. The fourth-order valence-electron chi connectivity index (χ4n) is 0.484. The number of hydrogen-bond donors (Lipinski definition) is 1. The molecule has 1 heterocycles. The van der Waals surface area contributed by atoms with E-state index in [1.54, 1.807) is 0 Å². The van der Waals surface area contributed by atoms with E-state index in [-0.39, 0.29) is 0 Å². The van der Waals surface area contributed by atoms with Gasteiger partial charge in [-0.25, -0.2) is 0 Å². The summed E-state index contributed by atoms with van der Waals surface area (Å²) in [5.74, 6) is 0. The molecule has 0 unspecified atom stereocenters. The number of hydrazone groups is 1. The van der Waals surface area contributed by atoms with Crippen LogP contribution in [-0.4, -0.2) is 12.3 Å². The fourth-order valence-corrected chi connectivity index (χ4v) is 0.484. The van der Waals surface area contributed by atoms with Crippen molar-refractivity contribution in [2.24, 2.45) is 5.10 Å². The Bertz CT molecular complexity index is 75.6. The zero-order valence-corrected chi connectivity index (χ0v) is 3.86. The number of nitrogens with zero attached hydrogens (tertiary/aromatic N) is 1. The summed E-state index contributed by atoms with van der Waals surface area (Å²) in [6.07, 6.45) is 1.12. The predicted molar refractivity (Wildman–Crippen MR) is 25.7 cm³/mol. The van der Waals surface area contributed by atoms with Gasteiger partial charge in [0.1, 0.15) is 0 Å². The number of nitrogens with one attached hydrogen (secondary N) is 1. The zero-order valence-electron chi connectivity index (χ0n) is 3.86. The molecule has 0 bridgehead atoms. The minimum absolute atomic E-state index is 1.03. The summed E-state index contributed by atoms with van der Waals surface area (Å²) < 4.78 is 0. The largest absolute Gasteiger partial charge is 0.310 e. The van der Waals surface area contributed by atoms with Gasteiger partial charge in [-0.15, -0.1) is 0 Å². The summed E-state index contributed by atoms with van der Waals surface area (Å²) in [6, 6.07) is 0. The van der Waals surface area contributed by atoms with Crippen LogP contribution in [0.25, 0.3) is 0 Å². The Balaban J connectivity index is 2.45. The van der Waals surface area contributed by atoms with Gasteiger partial charge in [0, 0.05) is 18.7 Å². The van der Waals surface area contributed by atoms with Crippen molar-refractivity contribution in [1.82, 2.24) is 5.43 Å². The minimum Gasteiger partial charge on any atom is -0.310 e. The molecule has 0 aliphatic carbocycles. The second-order valence-corrected chi connectivity index (χ2v) is 1.51. The second-order valence-electron chi connectivity index (χ2n) is 1.51. The molecular weight excluding hydrogens is 76.1 g/mol. The lowest BCUT2D eigenvalue weighted by Crippen LogP contribution is -1.96. The smallest absolute Gasteiger partial charge is 0.0382 e. The van der Waals surface area contributed by atoms with Crippen LogP contribution in [0, 0.1) is 0 Å². The maximum atomic E-state index is 3.90. The fraction of sp³-hybridized carbons (Fsp3) is 0.750. The van der Waals surface area contributed by atoms with Gasteiger partial charge in [-0.2, -0.15) is 5.10 Å². The molecule has 6 heavy (non-hydrogen) atoms. The Morgan fingerprint density at radius 3 is 2.83 bits per heavy atom. The molecule has 0 fully saturated rings. The molecule has 1 aliphatic rings. The van der Waals surface area contributed by atoms with E-state index in [0.717, 1.165) is 13.0 Å². The van der Waals surface area contributed by atoms with E-state index >= 15 is 0 Å². The van der Waals surface area contributed by atoms with Crippen molar-refractivity contribution in [1.29, 1.82) is 0 Å². The first kappa shape index (κ1) is 3.65. The molecule has 0 aromatic carbocycles. The van der Waals surface area contributed by atoms with Crippen LogP contribution < -0.4 is 5.43 Å². The van der Waals surface area contributed by atoms with Crippen LogP contribution >= 0.6 is 0 Å². The van der Waals surface area contributed by atoms with Crippen molar-refractivity contribution >= 4 is 5.71 Å². The van der Waals surface area contributed by atoms with Crippen molar-refractivity contribution in [2.75, 3.05) is 6.54 Å². The summed E-state index contributed by atoms with van der Waals surface area (Å²) in [4.78, 5) is 0. The van der Waals surface area contributed by atoms with E-state index < -0.39 is 0 Å². The van der Waals surface area contributed by atoms with Crippen LogP contribution in [0.15, 0.2) is 5.10 Å². The zero-order chi connectivity index (χ0) is 4.41. The highest BCUT2D eigenvalue weighted by molar-refractivity contribution is 5.82. The predicted octanol–water partition coefficient (Wildman–Crippen LogP) is 0.356. The molecule has 2 nitrogen and oxygen atoms in total. The molecule has 2 heteroatoms. The van der Waals surface area contributed by atoms with Gasteiger partial charge in [0.2, 0.25) is 0 Å². The van der Waals surface area contributed by atoms with Crippen molar-refractivity contribution in [3.63, 3.8) is 0 Å². The van der Waals surface area contributed by atoms with Crippen LogP contribution in [0.4, 0.5) is 0 Å². The summed E-state index contributed by atoms with van der Waals surface area (Å²) in [7, 11) is 0. The lowest BCUT2D eigenvalue weighted by Gasteiger charge is -1.76. The molecule has 1 aliphatic heterocycles. The van der Waals surface area contributed by atoms with Crippen LogP contribution in [-0.2, 0) is 0 Å². The van der Waals surface area contributed by atoms with Crippen molar-refractivity contribution in [2.45, 2.75) is 13.3 Å². The highest BCUT2D eigenvalue weighted by Gasteiger charge is 1.95. The summed E-state index contributed by atoms with van der Waals surface area (Å²) in [5, 5.41) is 3.90. The molecule has 34 valence electrons. The van der Waals surface area contributed by atoms with Gasteiger partial charge < -0.3 is 5.43 Å². The van der Waals surface area contributed by atoms with Crippen LogP contribution in [0.1, 0.15) is 13.3 Å². The number of rotatable bonds is 0. The van der Waals surface area contributed by atoms with Gasteiger partial charge in [-0.05, 0) is 6.92 Å². The standard InChI is InChI=1S/C4H8N2/c1-4-2-3-5-6-4/h5H,2-3H2,1H3. The Morgan fingerprint density at radius 1 is 1.83 bits per heavy atom. The average molecular weight is 84.1 g/mol. The molecule has 0 aromatic heterocycles. The molecular formula is C4H8N2. The third-order valence-electron chi connectivity index (χ3n) is 0.869. The van der Waals surface area contributed by atoms with E-state index in [1.165, 1.54) is 5.71 Å². The lowest BCUT2D eigenvalue weighted by atomic mass is 10.3. The van der Waals surface area contributed by atoms with E-state index in [0.29, 0.717) is 0 Å². The van der Waals surface area contributed by atoms with Gasteiger partial charge in [0.05, 0.1) is 0 Å². The van der Waals surface area contributed by atoms with E-state index in [2.05, 4.69) is 10.5 Å². The van der Waals surface area contributed by atoms with Gasteiger partial charge in [-0.3, -0.25) is 0 Å². The molecule has 1 N–H and O–H groups in total. The molecule has 0 radical (unpaired) electrons. The van der Waals surface area contributed by atoms with Crippen molar-refractivity contribution < 1.29 is 0 Å².